The molecular weight excluding hydrogens is 316 g/mol. The second kappa shape index (κ2) is 7.09. The molecule has 0 aromatic carbocycles. The van der Waals surface area contributed by atoms with E-state index in [0.717, 1.165) is 22.6 Å². The standard InChI is InChI=1S/C19H24N4O2/c1-13-11-17(14(2)23(13)12-16-5-3-4-8-21-16)19(25)22-9-6-15(7-10-22)18(20)24/h3-5,8,11,15H,6-7,9-10,12H2,1-2H3,(H2,20,24). The summed E-state index contributed by atoms with van der Waals surface area (Å²) in [6, 6.07) is 7.78. The fourth-order valence-electron chi connectivity index (χ4n) is 3.45. The van der Waals surface area contributed by atoms with Crippen LogP contribution < -0.4 is 5.73 Å². The van der Waals surface area contributed by atoms with Gasteiger partial charge in [0, 0.05) is 36.6 Å². The van der Waals surface area contributed by atoms with Crippen molar-refractivity contribution in [1.29, 1.82) is 0 Å². The summed E-state index contributed by atoms with van der Waals surface area (Å²) >= 11 is 0. The van der Waals surface area contributed by atoms with E-state index in [-0.39, 0.29) is 17.7 Å². The van der Waals surface area contributed by atoms with Crippen LogP contribution in [0.25, 0.3) is 0 Å². The summed E-state index contributed by atoms with van der Waals surface area (Å²) in [5.41, 5.74) is 9.05. The lowest BCUT2D eigenvalue weighted by Gasteiger charge is -2.30. The van der Waals surface area contributed by atoms with Crippen molar-refractivity contribution in [2.24, 2.45) is 11.7 Å². The first-order valence-corrected chi connectivity index (χ1v) is 8.62. The predicted molar refractivity (Wildman–Crippen MR) is 95.1 cm³/mol. The molecule has 0 spiro atoms. The maximum Gasteiger partial charge on any atom is 0.255 e. The molecule has 3 rings (SSSR count). The summed E-state index contributed by atoms with van der Waals surface area (Å²) in [4.78, 5) is 30.4. The third kappa shape index (κ3) is 3.57. The molecule has 6 heteroatoms. The average Bonchev–Trinajstić information content (AvgIpc) is 2.90. The minimum Gasteiger partial charge on any atom is -0.369 e. The lowest BCUT2D eigenvalue weighted by Crippen LogP contribution is -2.41. The smallest absolute Gasteiger partial charge is 0.255 e. The molecule has 1 aliphatic heterocycles. The number of nitrogens with zero attached hydrogens (tertiary/aromatic N) is 3. The average molecular weight is 340 g/mol. The Morgan fingerprint density at radius 2 is 1.96 bits per heavy atom. The van der Waals surface area contributed by atoms with E-state index in [4.69, 9.17) is 5.73 Å². The van der Waals surface area contributed by atoms with Gasteiger partial charge in [0.25, 0.3) is 5.91 Å². The number of rotatable bonds is 4. The molecule has 2 aromatic rings. The molecule has 0 unspecified atom stereocenters. The van der Waals surface area contributed by atoms with Gasteiger partial charge in [-0.05, 0) is 44.9 Å². The van der Waals surface area contributed by atoms with E-state index in [9.17, 15) is 9.59 Å². The zero-order chi connectivity index (χ0) is 18.0. The number of carbonyl (C=O) groups is 2. The molecule has 0 bridgehead atoms. The van der Waals surface area contributed by atoms with Gasteiger partial charge in [-0.2, -0.15) is 0 Å². The number of amides is 2. The third-order valence-electron chi connectivity index (χ3n) is 5.03. The van der Waals surface area contributed by atoms with Crippen LogP contribution in [0.3, 0.4) is 0 Å². The predicted octanol–water partition coefficient (Wildman–Crippen LogP) is 1.89. The maximum atomic E-state index is 12.9. The van der Waals surface area contributed by atoms with Crippen LogP contribution in [-0.2, 0) is 11.3 Å². The number of nitrogens with two attached hydrogens (primary N) is 1. The van der Waals surface area contributed by atoms with Crippen molar-refractivity contribution in [3.63, 3.8) is 0 Å². The number of aromatic nitrogens is 2. The molecule has 1 fully saturated rings. The molecule has 132 valence electrons. The number of pyridine rings is 1. The van der Waals surface area contributed by atoms with Crippen molar-refractivity contribution in [2.75, 3.05) is 13.1 Å². The van der Waals surface area contributed by atoms with Crippen LogP contribution in [0.1, 0.15) is 40.3 Å². The number of likely N-dealkylation sites (tertiary alicyclic amines) is 1. The Hall–Kier alpha value is -2.63. The number of aryl methyl sites for hydroxylation is 1. The first-order chi connectivity index (χ1) is 12.0. The van der Waals surface area contributed by atoms with Crippen molar-refractivity contribution in [3.05, 3.63) is 53.1 Å². The largest absolute Gasteiger partial charge is 0.369 e. The quantitative estimate of drug-likeness (QED) is 0.923. The fourth-order valence-corrected chi connectivity index (χ4v) is 3.45. The first kappa shape index (κ1) is 17.2. The molecule has 2 aromatic heterocycles. The Kier molecular flexibility index (Phi) is 4.88. The molecule has 0 aliphatic carbocycles. The summed E-state index contributed by atoms with van der Waals surface area (Å²) in [7, 11) is 0. The van der Waals surface area contributed by atoms with Crippen molar-refractivity contribution < 1.29 is 9.59 Å². The minimum atomic E-state index is -0.263. The van der Waals surface area contributed by atoms with Crippen molar-refractivity contribution in [2.45, 2.75) is 33.2 Å². The number of hydrogen-bond acceptors (Lipinski definition) is 3. The zero-order valence-corrected chi connectivity index (χ0v) is 14.7. The van der Waals surface area contributed by atoms with Gasteiger partial charge in [-0.3, -0.25) is 14.6 Å². The summed E-state index contributed by atoms with van der Waals surface area (Å²) in [5.74, 6) is -0.343. The SMILES string of the molecule is Cc1cc(C(=O)N2CCC(C(N)=O)CC2)c(C)n1Cc1ccccn1. The summed E-state index contributed by atoms with van der Waals surface area (Å²) in [6.45, 7) is 5.79. The number of piperidine rings is 1. The van der Waals surface area contributed by atoms with Crippen LogP contribution in [-0.4, -0.2) is 39.4 Å². The van der Waals surface area contributed by atoms with E-state index >= 15 is 0 Å². The summed E-state index contributed by atoms with van der Waals surface area (Å²) in [6.07, 6.45) is 3.07. The van der Waals surface area contributed by atoms with Gasteiger partial charge < -0.3 is 15.2 Å². The van der Waals surface area contributed by atoms with E-state index in [0.29, 0.717) is 32.5 Å². The van der Waals surface area contributed by atoms with Crippen LogP contribution in [0.2, 0.25) is 0 Å². The molecule has 0 radical (unpaired) electrons. The lowest BCUT2D eigenvalue weighted by molar-refractivity contribution is -0.123. The molecule has 1 saturated heterocycles. The second-order valence-corrected chi connectivity index (χ2v) is 6.66. The topological polar surface area (TPSA) is 81.2 Å². The Labute approximate surface area is 147 Å². The molecule has 0 atom stereocenters. The van der Waals surface area contributed by atoms with Gasteiger partial charge in [-0.25, -0.2) is 0 Å². The van der Waals surface area contributed by atoms with Crippen LogP contribution in [0.4, 0.5) is 0 Å². The van der Waals surface area contributed by atoms with Crippen LogP contribution in [0.5, 0.6) is 0 Å². The Balaban J connectivity index is 1.76. The van der Waals surface area contributed by atoms with Crippen molar-refractivity contribution in [3.8, 4) is 0 Å². The molecular formula is C19H24N4O2. The number of hydrogen-bond donors (Lipinski definition) is 1. The molecule has 6 nitrogen and oxygen atoms in total. The summed E-state index contributed by atoms with van der Waals surface area (Å²) < 4.78 is 2.12. The van der Waals surface area contributed by atoms with E-state index in [1.165, 1.54) is 0 Å². The zero-order valence-electron chi connectivity index (χ0n) is 14.7. The maximum absolute atomic E-state index is 12.9. The van der Waals surface area contributed by atoms with Gasteiger partial charge in [-0.15, -0.1) is 0 Å². The first-order valence-electron chi connectivity index (χ1n) is 8.62. The highest BCUT2D eigenvalue weighted by molar-refractivity contribution is 5.96. The molecule has 2 amide bonds. The van der Waals surface area contributed by atoms with Gasteiger partial charge in [0.2, 0.25) is 5.91 Å². The molecule has 3 heterocycles. The molecule has 2 N–H and O–H groups in total. The third-order valence-corrected chi connectivity index (χ3v) is 5.03. The highest BCUT2D eigenvalue weighted by atomic mass is 16.2. The number of carbonyl (C=O) groups excluding carboxylic acids is 2. The van der Waals surface area contributed by atoms with Gasteiger partial charge in [0.1, 0.15) is 0 Å². The number of primary amides is 1. The van der Waals surface area contributed by atoms with Gasteiger partial charge in [-0.1, -0.05) is 6.07 Å². The van der Waals surface area contributed by atoms with Gasteiger partial charge in [0.15, 0.2) is 0 Å². The van der Waals surface area contributed by atoms with Crippen LogP contribution >= 0.6 is 0 Å². The normalized spacial score (nSPS) is 15.4. The highest BCUT2D eigenvalue weighted by Crippen LogP contribution is 2.22. The van der Waals surface area contributed by atoms with E-state index in [1.54, 1.807) is 6.20 Å². The molecule has 0 saturated carbocycles. The Morgan fingerprint density at radius 1 is 1.24 bits per heavy atom. The van der Waals surface area contributed by atoms with E-state index in [1.807, 2.05) is 43.0 Å². The van der Waals surface area contributed by atoms with Crippen molar-refractivity contribution >= 4 is 11.8 Å². The van der Waals surface area contributed by atoms with Crippen LogP contribution in [0, 0.1) is 19.8 Å². The van der Waals surface area contributed by atoms with E-state index in [2.05, 4.69) is 9.55 Å². The second-order valence-electron chi connectivity index (χ2n) is 6.66. The lowest BCUT2D eigenvalue weighted by atomic mass is 9.96. The Bertz CT molecular complexity index is 774. The van der Waals surface area contributed by atoms with Crippen LogP contribution in [0.15, 0.2) is 30.5 Å². The van der Waals surface area contributed by atoms with Gasteiger partial charge >= 0.3 is 0 Å². The minimum absolute atomic E-state index is 0.0308. The molecule has 25 heavy (non-hydrogen) atoms. The highest BCUT2D eigenvalue weighted by Gasteiger charge is 2.28. The molecule has 1 aliphatic rings. The summed E-state index contributed by atoms with van der Waals surface area (Å²) in [5, 5.41) is 0. The van der Waals surface area contributed by atoms with E-state index < -0.39 is 0 Å². The fraction of sp³-hybridized carbons (Fsp3) is 0.421. The Morgan fingerprint density at radius 3 is 2.56 bits per heavy atom. The van der Waals surface area contributed by atoms with Gasteiger partial charge in [0.05, 0.1) is 17.8 Å². The monoisotopic (exact) mass is 340 g/mol. The van der Waals surface area contributed by atoms with Crippen molar-refractivity contribution in [1.82, 2.24) is 14.5 Å².